The number of hydrogen-bond donors (Lipinski definition) is 2. The second-order valence-electron chi connectivity index (χ2n) is 6.02. The van der Waals surface area contributed by atoms with Gasteiger partial charge in [0.2, 0.25) is 5.91 Å². The van der Waals surface area contributed by atoms with E-state index in [1.807, 2.05) is 0 Å². The maximum Gasteiger partial charge on any atom is 0.226 e. The van der Waals surface area contributed by atoms with E-state index >= 15 is 0 Å². The van der Waals surface area contributed by atoms with Crippen LogP contribution in [0.4, 0.5) is 0 Å². The molecule has 2 aliphatic rings. The molecule has 0 atom stereocenters. The van der Waals surface area contributed by atoms with E-state index in [0.717, 1.165) is 25.7 Å². The first-order valence-electron chi connectivity index (χ1n) is 6.61. The van der Waals surface area contributed by atoms with Gasteiger partial charge in [-0.15, -0.1) is 0 Å². The van der Waals surface area contributed by atoms with Crippen molar-refractivity contribution in [3.8, 4) is 0 Å². The third kappa shape index (κ3) is 2.40. The van der Waals surface area contributed by atoms with Crippen molar-refractivity contribution in [2.45, 2.75) is 63.8 Å². The van der Waals surface area contributed by atoms with E-state index in [-0.39, 0.29) is 16.9 Å². The minimum Gasteiger partial charge on any atom is -0.354 e. The van der Waals surface area contributed by atoms with E-state index in [0.29, 0.717) is 6.54 Å². The summed E-state index contributed by atoms with van der Waals surface area (Å²) in [4.78, 5) is 12.1. The zero-order chi connectivity index (χ0) is 11.6. The Balaban J connectivity index is 1.82. The van der Waals surface area contributed by atoms with Gasteiger partial charge in [0, 0.05) is 17.5 Å². The van der Waals surface area contributed by atoms with Crippen LogP contribution in [0.25, 0.3) is 0 Å². The molecule has 0 aromatic rings. The topological polar surface area (TPSA) is 55.1 Å². The quantitative estimate of drug-likeness (QED) is 0.770. The fraction of sp³-hybridized carbons (Fsp3) is 0.923. The number of nitrogens with one attached hydrogen (secondary N) is 1. The van der Waals surface area contributed by atoms with Crippen molar-refractivity contribution >= 4 is 5.91 Å². The summed E-state index contributed by atoms with van der Waals surface area (Å²) in [6, 6.07) is 0. The third-order valence-electron chi connectivity index (χ3n) is 4.46. The largest absolute Gasteiger partial charge is 0.354 e. The van der Waals surface area contributed by atoms with Gasteiger partial charge in [0.25, 0.3) is 0 Å². The average Bonchev–Trinajstić information content (AvgIpc) is 2.24. The Morgan fingerprint density at radius 2 is 1.75 bits per heavy atom. The second kappa shape index (κ2) is 4.36. The molecular formula is C13H24N2O. The molecule has 2 fully saturated rings. The smallest absolute Gasteiger partial charge is 0.226 e. The van der Waals surface area contributed by atoms with Gasteiger partial charge in [0.15, 0.2) is 0 Å². The number of nitrogens with two attached hydrogens (primary N) is 1. The zero-order valence-electron chi connectivity index (χ0n) is 10.3. The number of carbonyl (C=O) groups is 1. The molecular weight excluding hydrogens is 200 g/mol. The molecule has 0 unspecified atom stereocenters. The minimum atomic E-state index is -0.127. The molecule has 0 spiro atoms. The van der Waals surface area contributed by atoms with Crippen LogP contribution in [0.1, 0.15) is 58.3 Å². The van der Waals surface area contributed by atoms with Gasteiger partial charge < -0.3 is 11.1 Å². The minimum absolute atomic E-state index is 0.0965. The predicted octanol–water partition coefficient (Wildman–Crippen LogP) is 1.95. The standard InChI is InChI=1S/C13H24N2O/c1-12(6-3-2-4-7-12)11(16)15-10-13(14)8-5-9-13/h2-10,14H2,1H3,(H,15,16). The first-order valence-corrected chi connectivity index (χ1v) is 6.61. The van der Waals surface area contributed by atoms with Gasteiger partial charge in [-0.2, -0.15) is 0 Å². The summed E-state index contributed by atoms with van der Waals surface area (Å²) in [6.07, 6.45) is 9.07. The van der Waals surface area contributed by atoms with Crippen molar-refractivity contribution in [3.05, 3.63) is 0 Å². The van der Waals surface area contributed by atoms with Crippen LogP contribution in [0.2, 0.25) is 0 Å². The predicted molar refractivity (Wildman–Crippen MR) is 65.0 cm³/mol. The molecule has 0 saturated heterocycles. The van der Waals surface area contributed by atoms with E-state index < -0.39 is 0 Å². The lowest BCUT2D eigenvalue weighted by Gasteiger charge is -2.40. The Kier molecular flexibility index (Phi) is 3.24. The van der Waals surface area contributed by atoms with E-state index in [9.17, 15) is 4.79 Å². The summed E-state index contributed by atoms with van der Waals surface area (Å²) < 4.78 is 0. The van der Waals surface area contributed by atoms with Crippen molar-refractivity contribution in [1.82, 2.24) is 5.32 Å². The lowest BCUT2D eigenvalue weighted by molar-refractivity contribution is -0.132. The SMILES string of the molecule is CC1(C(=O)NCC2(N)CCC2)CCCCC1. The summed E-state index contributed by atoms with van der Waals surface area (Å²) >= 11 is 0. The van der Waals surface area contributed by atoms with Crippen molar-refractivity contribution in [2.24, 2.45) is 11.1 Å². The van der Waals surface area contributed by atoms with Crippen LogP contribution in [0.3, 0.4) is 0 Å². The molecule has 2 aliphatic carbocycles. The molecule has 3 N–H and O–H groups in total. The van der Waals surface area contributed by atoms with E-state index in [1.54, 1.807) is 0 Å². The van der Waals surface area contributed by atoms with E-state index in [2.05, 4.69) is 12.2 Å². The maximum atomic E-state index is 12.1. The van der Waals surface area contributed by atoms with Crippen LogP contribution in [-0.4, -0.2) is 18.0 Å². The molecule has 2 saturated carbocycles. The lowest BCUT2D eigenvalue weighted by atomic mass is 9.74. The van der Waals surface area contributed by atoms with Gasteiger partial charge in [0.05, 0.1) is 0 Å². The maximum absolute atomic E-state index is 12.1. The van der Waals surface area contributed by atoms with Gasteiger partial charge in [-0.25, -0.2) is 0 Å². The summed E-state index contributed by atoms with van der Waals surface area (Å²) in [5.41, 5.74) is 5.89. The van der Waals surface area contributed by atoms with E-state index in [1.165, 1.54) is 25.7 Å². The molecule has 0 aromatic heterocycles. The van der Waals surface area contributed by atoms with Crippen LogP contribution in [0.15, 0.2) is 0 Å². The highest BCUT2D eigenvalue weighted by molar-refractivity contribution is 5.82. The van der Waals surface area contributed by atoms with Gasteiger partial charge >= 0.3 is 0 Å². The summed E-state index contributed by atoms with van der Waals surface area (Å²) in [5, 5.41) is 3.07. The molecule has 0 aliphatic heterocycles. The molecule has 3 heteroatoms. The van der Waals surface area contributed by atoms with Crippen molar-refractivity contribution < 1.29 is 4.79 Å². The highest BCUT2D eigenvalue weighted by Gasteiger charge is 2.37. The highest BCUT2D eigenvalue weighted by atomic mass is 16.2. The van der Waals surface area contributed by atoms with Crippen molar-refractivity contribution in [1.29, 1.82) is 0 Å². The summed E-state index contributed by atoms with van der Waals surface area (Å²) in [6.45, 7) is 2.77. The Hall–Kier alpha value is -0.570. The molecule has 0 heterocycles. The molecule has 16 heavy (non-hydrogen) atoms. The van der Waals surface area contributed by atoms with Crippen LogP contribution in [0, 0.1) is 5.41 Å². The van der Waals surface area contributed by atoms with Gasteiger partial charge in [-0.1, -0.05) is 26.2 Å². The molecule has 1 amide bonds. The Morgan fingerprint density at radius 1 is 1.12 bits per heavy atom. The normalized spacial score (nSPS) is 26.9. The fourth-order valence-electron chi connectivity index (χ4n) is 2.84. The average molecular weight is 224 g/mol. The fourth-order valence-corrected chi connectivity index (χ4v) is 2.84. The Morgan fingerprint density at radius 3 is 2.25 bits per heavy atom. The van der Waals surface area contributed by atoms with Crippen LogP contribution >= 0.6 is 0 Å². The summed E-state index contributed by atoms with van der Waals surface area (Å²) in [7, 11) is 0. The highest BCUT2D eigenvalue weighted by Crippen LogP contribution is 2.36. The molecule has 0 bridgehead atoms. The first kappa shape index (κ1) is 11.9. The molecule has 92 valence electrons. The summed E-state index contributed by atoms with van der Waals surface area (Å²) in [5.74, 6) is 0.226. The van der Waals surface area contributed by atoms with Gasteiger partial charge in [0.1, 0.15) is 0 Å². The van der Waals surface area contributed by atoms with Crippen LogP contribution < -0.4 is 11.1 Å². The number of hydrogen-bond acceptors (Lipinski definition) is 2. The van der Waals surface area contributed by atoms with Crippen LogP contribution in [-0.2, 0) is 4.79 Å². The Bertz CT molecular complexity index is 265. The molecule has 0 radical (unpaired) electrons. The third-order valence-corrected chi connectivity index (χ3v) is 4.46. The number of carbonyl (C=O) groups excluding carboxylic acids is 1. The monoisotopic (exact) mass is 224 g/mol. The number of amides is 1. The van der Waals surface area contributed by atoms with Crippen molar-refractivity contribution in [2.75, 3.05) is 6.54 Å². The van der Waals surface area contributed by atoms with Gasteiger partial charge in [-0.3, -0.25) is 4.79 Å². The lowest BCUT2D eigenvalue weighted by Crippen LogP contribution is -2.56. The molecule has 2 rings (SSSR count). The van der Waals surface area contributed by atoms with E-state index in [4.69, 9.17) is 5.73 Å². The van der Waals surface area contributed by atoms with Crippen LogP contribution in [0.5, 0.6) is 0 Å². The number of rotatable bonds is 3. The second-order valence-corrected chi connectivity index (χ2v) is 6.02. The molecule has 0 aromatic carbocycles. The first-order chi connectivity index (χ1) is 7.54. The molecule has 3 nitrogen and oxygen atoms in total. The Labute approximate surface area is 98.2 Å². The zero-order valence-corrected chi connectivity index (χ0v) is 10.3. The van der Waals surface area contributed by atoms with Gasteiger partial charge in [-0.05, 0) is 32.1 Å². The van der Waals surface area contributed by atoms with Crippen molar-refractivity contribution in [3.63, 3.8) is 0 Å².